The number of fused-ring (bicyclic) bond motifs is 11. The van der Waals surface area contributed by atoms with Gasteiger partial charge >= 0.3 is 0 Å². The summed E-state index contributed by atoms with van der Waals surface area (Å²) in [5.41, 5.74) is 7.61. The Morgan fingerprint density at radius 2 is 0.833 bits per heavy atom. The molecule has 0 atom stereocenters. The predicted molar refractivity (Wildman–Crippen MR) is 239 cm³/mol. The summed E-state index contributed by atoms with van der Waals surface area (Å²) in [6.07, 6.45) is 0. The zero-order chi connectivity index (χ0) is 35.3. The van der Waals surface area contributed by atoms with Crippen molar-refractivity contribution >= 4 is 106 Å². The van der Waals surface area contributed by atoms with Crippen molar-refractivity contribution in [1.29, 1.82) is 0 Å². The van der Waals surface area contributed by atoms with Crippen LogP contribution in [0.4, 0.5) is 0 Å². The minimum atomic E-state index is 1.24. The summed E-state index contributed by atoms with van der Waals surface area (Å²) in [6, 6.07) is 67.8. The molecule has 2 heteroatoms. The van der Waals surface area contributed by atoms with Gasteiger partial charge in [0.15, 0.2) is 0 Å². The Bertz CT molecular complexity index is 3430. The van der Waals surface area contributed by atoms with E-state index in [-0.39, 0.29) is 0 Å². The van der Waals surface area contributed by atoms with Gasteiger partial charge in [0.1, 0.15) is 0 Å². The topological polar surface area (TPSA) is 0 Å². The maximum atomic E-state index is 2.46. The highest BCUT2D eigenvalue weighted by Crippen LogP contribution is 2.48. The van der Waals surface area contributed by atoms with Crippen molar-refractivity contribution in [2.75, 3.05) is 0 Å². The van der Waals surface area contributed by atoms with E-state index < -0.39 is 0 Å². The largest absolute Gasteiger partial charge is 0.135 e. The highest BCUT2D eigenvalue weighted by atomic mass is 32.1. The van der Waals surface area contributed by atoms with Crippen molar-refractivity contribution in [3.05, 3.63) is 182 Å². The molecule has 2 aromatic heterocycles. The summed E-state index contributed by atoms with van der Waals surface area (Å²) >= 11 is 3.81. The zero-order valence-electron chi connectivity index (χ0n) is 29.1. The average Bonchev–Trinajstić information content (AvgIpc) is 3.80. The molecule has 0 aliphatic carbocycles. The van der Waals surface area contributed by atoms with Crippen molar-refractivity contribution in [3.8, 4) is 33.4 Å². The number of benzene rings is 10. The molecule has 0 amide bonds. The maximum absolute atomic E-state index is 2.46. The van der Waals surface area contributed by atoms with Gasteiger partial charge in [0.25, 0.3) is 0 Å². The maximum Gasteiger partial charge on any atom is 0.0434 e. The molecule has 10 aromatic carbocycles. The fourth-order valence-electron chi connectivity index (χ4n) is 9.05. The van der Waals surface area contributed by atoms with E-state index in [2.05, 4.69) is 182 Å². The van der Waals surface area contributed by atoms with Crippen LogP contribution in [0.3, 0.4) is 0 Å². The predicted octanol–water partition coefficient (Wildman–Crippen LogP) is 16.0. The zero-order valence-corrected chi connectivity index (χ0v) is 30.8. The SMILES string of the molecule is c1ccc(-c2c3ccccc3c(-c3ccc(-c4ccc5sc6cc7ccc8c9ccccc9sc8c7cc6c5c4)c4ccccc34)c3ccccc23)cc1. The Hall–Kier alpha value is -6.32. The second-order valence-electron chi connectivity index (χ2n) is 14.3. The molecule has 0 saturated carbocycles. The number of thiophene rings is 2. The summed E-state index contributed by atoms with van der Waals surface area (Å²) < 4.78 is 5.40. The van der Waals surface area contributed by atoms with Gasteiger partial charge in [-0.25, -0.2) is 0 Å². The van der Waals surface area contributed by atoms with Crippen LogP contribution in [0.25, 0.3) is 117 Å². The van der Waals surface area contributed by atoms with Crippen LogP contribution in [0.2, 0.25) is 0 Å². The Labute approximate surface area is 319 Å². The van der Waals surface area contributed by atoms with Gasteiger partial charge in [-0.15, -0.1) is 22.7 Å². The first-order valence-corrected chi connectivity index (χ1v) is 20.1. The quantitative estimate of drug-likeness (QED) is 0.160. The van der Waals surface area contributed by atoms with Crippen LogP contribution in [0, 0.1) is 0 Å². The van der Waals surface area contributed by atoms with Gasteiger partial charge in [0.2, 0.25) is 0 Å². The normalized spacial score (nSPS) is 12.1. The van der Waals surface area contributed by atoms with E-state index in [0.29, 0.717) is 0 Å². The molecule has 12 aromatic rings. The molecule has 0 radical (unpaired) electrons. The van der Waals surface area contributed by atoms with Gasteiger partial charge in [0.05, 0.1) is 0 Å². The first kappa shape index (κ1) is 30.2. The summed E-state index contributed by atoms with van der Waals surface area (Å²) in [4.78, 5) is 0. The second kappa shape index (κ2) is 11.6. The average molecular weight is 719 g/mol. The Kier molecular flexibility index (Phi) is 6.48. The van der Waals surface area contributed by atoms with Crippen molar-refractivity contribution in [2.45, 2.75) is 0 Å². The third-order valence-corrected chi connectivity index (χ3v) is 13.8. The lowest BCUT2D eigenvalue weighted by molar-refractivity contribution is 1.66. The van der Waals surface area contributed by atoms with Crippen molar-refractivity contribution in [3.63, 3.8) is 0 Å². The summed E-state index contributed by atoms with van der Waals surface area (Å²) in [5.74, 6) is 0. The van der Waals surface area contributed by atoms with E-state index in [1.54, 1.807) is 0 Å². The van der Waals surface area contributed by atoms with E-state index in [1.165, 1.54) is 117 Å². The fourth-order valence-corrected chi connectivity index (χ4v) is 11.4. The first-order chi connectivity index (χ1) is 26.8. The number of rotatable bonds is 3. The van der Waals surface area contributed by atoms with Gasteiger partial charge in [0, 0.05) is 45.7 Å². The van der Waals surface area contributed by atoms with Crippen LogP contribution in [0.5, 0.6) is 0 Å². The van der Waals surface area contributed by atoms with Gasteiger partial charge in [-0.3, -0.25) is 0 Å². The molecule has 2 heterocycles. The molecule has 0 aliphatic rings. The third-order valence-electron chi connectivity index (χ3n) is 11.4. The molecule has 0 bridgehead atoms. The van der Waals surface area contributed by atoms with Crippen LogP contribution >= 0.6 is 22.7 Å². The molecule has 0 fully saturated rings. The number of hydrogen-bond donors (Lipinski definition) is 0. The minimum Gasteiger partial charge on any atom is -0.135 e. The minimum absolute atomic E-state index is 1.24. The van der Waals surface area contributed by atoms with E-state index in [0.717, 1.165) is 0 Å². The third kappa shape index (κ3) is 4.36. The van der Waals surface area contributed by atoms with Crippen LogP contribution in [-0.2, 0) is 0 Å². The molecule has 0 spiro atoms. The van der Waals surface area contributed by atoms with Crippen molar-refractivity contribution in [2.24, 2.45) is 0 Å². The van der Waals surface area contributed by atoms with Crippen LogP contribution < -0.4 is 0 Å². The molecular formula is C52H30S2. The smallest absolute Gasteiger partial charge is 0.0434 e. The monoisotopic (exact) mass is 718 g/mol. The van der Waals surface area contributed by atoms with Crippen LogP contribution in [0.15, 0.2) is 182 Å². The van der Waals surface area contributed by atoms with Crippen LogP contribution in [-0.4, -0.2) is 0 Å². The molecule has 0 nitrogen and oxygen atoms in total. The lowest BCUT2D eigenvalue weighted by Gasteiger charge is -2.19. The molecule has 12 rings (SSSR count). The highest BCUT2D eigenvalue weighted by Gasteiger charge is 2.19. The van der Waals surface area contributed by atoms with Crippen molar-refractivity contribution < 1.29 is 0 Å². The lowest BCUT2D eigenvalue weighted by Crippen LogP contribution is -1.92. The molecule has 0 saturated heterocycles. The van der Waals surface area contributed by atoms with E-state index >= 15 is 0 Å². The molecular weight excluding hydrogens is 689 g/mol. The fraction of sp³-hybridized carbons (Fsp3) is 0. The molecule has 250 valence electrons. The van der Waals surface area contributed by atoms with Gasteiger partial charge in [-0.05, 0) is 101 Å². The molecule has 54 heavy (non-hydrogen) atoms. The summed E-state index contributed by atoms with van der Waals surface area (Å²) in [7, 11) is 0. The summed E-state index contributed by atoms with van der Waals surface area (Å²) in [6.45, 7) is 0. The van der Waals surface area contributed by atoms with E-state index in [1.807, 2.05) is 22.7 Å². The standard InChI is InChI=1S/C52H30S2/c1-2-12-31(13-3-1)50-38-17-6-8-19-40(38)51(41-20-9-7-18-39(41)50)42-26-25-34(35-14-4-5-15-36(35)42)32-23-27-48-45(28-32)46-30-44-33(29-49(46)53-48)22-24-43-37-16-10-11-21-47(37)54-52(43)44/h1-30H. The first-order valence-electron chi connectivity index (χ1n) is 18.5. The molecule has 0 N–H and O–H groups in total. The van der Waals surface area contributed by atoms with Gasteiger partial charge < -0.3 is 0 Å². The van der Waals surface area contributed by atoms with Crippen molar-refractivity contribution in [1.82, 2.24) is 0 Å². The van der Waals surface area contributed by atoms with Crippen LogP contribution in [0.1, 0.15) is 0 Å². The highest BCUT2D eigenvalue weighted by molar-refractivity contribution is 7.27. The summed E-state index contributed by atoms with van der Waals surface area (Å²) in [5, 5.41) is 15.7. The van der Waals surface area contributed by atoms with E-state index in [9.17, 15) is 0 Å². The Morgan fingerprint density at radius 3 is 1.57 bits per heavy atom. The van der Waals surface area contributed by atoms with Gasteiger partial charge in [-0.1, -0.05) is 152 Å². The Morgan fingerprint density at radius 1 is 0.259 bits per heavy atom. The van der Waals surface area contributed by atoms with E-state index in [4.69, 9.17) is 0 Å². The van der Waals surface area contributed by atoms with Gasteiger partial charge in [-0.2, -0.15) is 0 Å². The number of hydrogen-bond acceptors (Lipinski definition) is 2. The molecule has 0 unspecified atom stereocenters. The lowest BCUT2D eigenvalue weighted by atomic mass is 9.84. The Balaban J connectivity index is 1.08. The second-order valence-corrected chi connectivity index (χ2v) is 16.5. The molecule has 0 aliphatic heterocycles.